The summed E-state index contributed by atoms with van der Waals surface area (Å²) in [6, 6.07) is 0. The van der Waals surface area contributed by atoms with Crippen molar-refractivity contribution in [1.82, 2.24) is 0 Å². The Labute approximate surface area is 227 Å². The van der Waals surface area contributed by atoms with Crippen LogP contribution in [0.1, 0.15) is 194 Å². The van der Waals surface area contributed by atoms with Crippen molar-refractivity contribution < 1.29 is 9.90 Å². The van der Waals surface area contributed by atoms with E-state index in [1.54, 1.807) is 0 Å². The Hall–Kier alpha value is -0.790. The van der Waals surface area contributed by atoms with E-state index in [-0.39, 0.29) is 5.92 Å². The number of hydrogen-bond acceptors (Lipinski definition) is 1. The van der Waals surface area contributed by atoms with E-state index in [2.05, 4.69) is 26.0 Å². The number of carboxylic acid groups (broad SMARTS) is 1. The fourth-order valence-electron chi connectivity index (χ4n) is 5.26. The summed E-state index contributed by atoms with van der Waals surface area (Å²) in [5, 5.41) is 9.57. The van der Waals surface area contributed by atoms with Gasteiger partial charge >= 0.3 is 5.97 Å². The minimum atomic E-state index is -0.564. The summed E-state index contributed by atoms with van der Waals surface area (Å²) in [5.41, 5.74) is 0. The van der Waals surface area contributed by atoms with Crippen molar-refractivity contribution in [2.24, 2.45) is 5.92 Å². The van der Waals surface area contributed by atoms with E-state index in [1.807, 2.05) is 0 Å². The lowest BCUT2D eigenvalue weighted by molar-refractivity contribution is -0.142. The highest BCUT2D eigenvalue weighted by molar-refractivity contribution is 5.69. The van der Waals surface area contributed by atoms with Crippen LogP contribution < -0.4 is 0 Å². The van der Waals surface area contributed by atoms with Crippen LogP contribution in [0.5, 0.6) is 0 Å². The first-order chi connectivity index (χ1) is 17.7. The van der Waals surface area contributed by atoms with Gasteiger partial charge in [0.2, 0.25) is 0 Å². The molecule has 1 N–H and O–H groups in total. The summed E-state index contributed by atoms with van der Waals surface area (Å²) in [7, 11) is 0. The van der Waals surface area contributed by atoms with Crippen LogP contribution in [0.25, 0.3) is 0 Å². The number of carbonyl (C=O) groups is 1. The van der Waals surface area contributed by atoms with Gasteiger partial charge in [-0.05, 0) is 38.5 Å². The highest BCUT2D eigenvalue weighted by atomic mass is 16.4. The van der Waals surface area contributed by atoms with Crippen molar-refractivity contribution in [3.8, 4) is 0 Å². The molecule has 0 amide bonds. The van der Waals surface area contributed by atoms with Crippen molar-refractivity contribution in [3.05, 3.63) is 12.2 Å². The van der Waals surface area contributed by atoms with E-state index in [0.29, 0.717) is 0 Å². The molecule has 1 atom stereocenters. The van der Waals surface area contributed by atoms with E-state index in [4.69, 9.17) is 0 Å². The maximum atomic E-state index is 11.6. The topological polar surface area (TPSA) is 37.3 Å². The molecule has 0 aliphatic heterocycles. The Morgan fingerprint density at radius 3 is 1.06 bits per heavy atom. The summed E-state index contributed by atoms with van der Waals surface area (Å²) in [6.45, 7) is 4.55. The van der Waals surface area contributed by atoms with Gasteiger partial charge in [-0.3, -0.25) is 4.79 Å². The second-order valence-corrected chi connectivity index (χ2v) is 11.4. The molecule has 2 heteroatoms. The quantitative estimate of drug-likeness (QED) is 0.0776. The van der Waals surface area contributed by atoms with Crippen molar-refractivity contribution in [3.63, 3.8) is 0 Å². The third-order valence-electron chi connectivity index (χ3n) is 7.82. The number of rotatable bonds is 30. The van der Waals surface area contributed by atoms with Gasteiger partial charge in [0.1, 0.15) is 0 Å². The molecule has 0 bridgehead atoms. The maximum absolute atomic E-state index is 11.6. The Morgan fingerprint density at radius 2 is 0.750 bits per heavy atom. The SMILES string of the molecule is CCCCCCCCC=CCCCCCCCCC(CCCCCCCCCCCCCC)C(=O)O. The minimum Gasteiger partial charge on any atom is -0.481 e. The molecule has 1 unspecified atom stereocenters. The summed E-state index contributed by atoms with van der Waals surface area (Å²) in [6.07, 6.45) is 40.9. The van der Waals surface area contributed by atoms with Gasteiger partial charge in [-0.25, -0.2) is 0 Å². The number of hydrogen-bond donors (Lipinski definition) is 1. The monoisotopic (exact) mass is 507 g/mol. The van der Waals surface area contributed by atoms with E-state index in [9.17, 15) is 9.90 Å². The molecule has 0 aliphatic rings. The Kier molecular flexibility index (Phi) is 29.8. The lowest BCUT2D eigenvalue weighted by Crippen LogP contribution is -2.13. The Morgan fingerprint density at radius 1 is 0.472 bits per heavy atom. The van der Waals surface area contributed by atoms with Crippen LogP contribution in [0.2, 0.25) is 0 Å². The second kappa shape index (κ2) is 30.4. The van der Waals surface area contributed by atoms with Gasteiger partial charge in [0.25, 0.3) is 0 Å². The van der Waals surface area contributed by atoms with E-state index in [1.165, 1.54) is 154 Å². The normalized spacial score (nSPS) is 12.5. The number of unbranched alkanes of at least 4 members (excludes halogenated alkanes) is 23. The van der Waals surface area contributed by atoms with Crippen molar-refractivity contribution in [2.45, 2.75) is 194 Å². The molecule has 0 rings (SSSR count). The molecular weight excluding hydrogens is 440 g/mol. The summed E-state index contributed by atoms with van der Waals surface area (Å²) in [4.78, 5) is 11.6. The molecule has 0 heterocycles. The second-order valence-electron chi connectivity index (χ2n) is 11.4. The highest BCUT2D eigenvalue weighted by Crippen LogP contribution is 2.20. The first kappa shape index (κ1) is 35.2. The molecule has 214 valence electrons. The molecule has 36 heavy (non-hydrogen) atoms. The third-order valence-corrected chi connectivity index (χ3v) is 7.82. The van der Waals surface area contributed by atoms with Crippen LogP contribution in [-0.4, -0.2) is 11.1 Å². The van der Waals surface area contributed by atoms with Gasteiger partial charge in [0.05, 0.1) is 5.92 Å². The van der Waals surface area contributed by atoms with Crippen LogP contribution in [0, 0.1) is 5.92 Å². The number of allylic oxidation sites excluding steroid dienone is 2. The summed E-state index contributed by atoms with van der Waals surface area (Å²) in [5.74, 6) is -0.671. The molecule has 0 saturated carbocycles. The molecule has 0 fully saturated rings. The predicted molar refractivity (Wildman–Crippen MR) is 161 cm³/mol. The van der Waals surface area contributed by atoms with Gasteiger partial charge < -0.3 is 5.11 Å². The summed E-state index contributed by atoms with van der Waals surface area (Å²) >= 11 is 0. The van der Waals surface area contributed by atoms with Crippen LogP contribution in [-0.2, 0) is 4.79 Å². The average molecular weight is 507 g/mol. The fraction of sp³-hybridized carbons (Fsp3) is 0.912. The van der Waals surface area contributed by atoms with Crippen LogP contribution in [0.15, 0.2) is 12.2 Å². The zero-order valence-electron chi connectivity index (χ0n) is 24.9. The van der Waals surface area contributed by atoms with Crippen molar-refractivity contribution >= 4 is 5.97 Å². The Balaban J connectivity index is 3.44. The van der Waals surface area contributed by atoms with Crippen molar-refractivity contribution in [1.29, 1.82) is 0 Å². The van der Waals surface area contributed by atoms with Gasteiger partial charge in [-0.15, -0.1) is 0 Å². The molecule has 0 aliphatic carbocycles. The Bertz CT molecular complexity index is 456. The molecular formula is C34H66O2. The van der Waals surface area contributed by atoms with Gasteiger partial charge in [-0.2, -0.15) is 0 Å². The first-order valence-corrected chi connectivity index (χ1v) is 16.6. The zero-order valence-corrected chi connectivity index (χ0v) is 24.9. The highest BCUT2D eigenvalue weighted by Gasteiger charge is 2.16. The van der Waals surface area contributed by atoms with Gasteiger partial charge in [0.15, 0.2) is 0 Å². The third kappa shape index (κ3) is 27.8. The smallest absolute Gasteiger partial charge is 0.306 e. The van der Waals surface area contributed by atoms with Crippen LogP contribution in [0.4, 0.5) is 0 Å². The van der Waals surface area contributed by atoms with Crippen LogP contribution in [0.3, 0.4) is 0 Å². The van der Waals surface area contributed by atoms with E-state index < -0.39 is 5.97 Å². The van der Waals surface area contributed by atoms with Crippen molar-refractivity contribution in [2.75, 3.05) is 0 Å². The van der Waals surface area contributed by atoms with Gasteiger partial charge in [0, 0.05) is 0 Å². The first-order valence-electron chi connectivity index (χ1n) is 16.6. The molecule has 0 spiro atoms. The molecule has 0 saturated heterocycles. The zero-order chi connectivity index (χ0) is 26.4. The summed E-state index contributed by atoms with van der Waals surface area (Å²) < 4.78 is 0. The van der Waals surface area contributed by atoms with Crippen LogP contribution >= 0.6 is 0 Å². The van der Waals surface area contributed by atoms with E-state index >= 15 is 0 Å². The molecule has 2 nitrogen and oxygen atoms in total. The number of carboxylic acids is 1. The average Bonchev–Trinajstić information content (AvgIpc) is 2.87. The maximum Gasteiger partial charge on any atom is 0.306 e. The lowest BCUT2D eigenvalue weighted by Gasteiger charge is -2.12. The number of aliphatic carboxylic acids is 1. The molecule has 0 aromatic rings. The molecule has 0 aromatic carbocycles. The predicted octanol–water partition coefficient (Wildman–Crippen LogP) is 12.2. The standard InChI is InChI=1S/C34H66O2/c1-3-5-7-9-11-13-15-17-18-19-20-22-24-26-28-30-32-33(34(35)36)31-29-27-25-23-21-16-14-12-10-8-6-4-2/h17-18,33H,3-16,19-32H2,1-2H3,(H,35,36). The molecule has 0 radical (unpaired) electrons. The minimum absolute atomic E-state index is 0.107. The largest absolute Gasteiger partial charge is 0.481 e. The lowest BCUT2D eigenvalue weighted by atomic mass is 9.94. The van der Waals surface area contributed by atoms with Gasteiger partial charge in [-0.1, -0.05) is 167 Å². The van der Waals surface area contributed by atoms with E-state index in [0.717, 1.165) is 25.7 Å². The molecule has 0 aromatic heterocycles. The fourth-order valence-corrected chi connectivity index (χ4v) is 5.26.